The third kappa shape index (κ3) is 12.2. The van der Waals surface area contributed by atoms with Gasteiger partial charge in [0.1, 0.15) is 30.5 Å². The van der Waals surface area contributed by atoms with Crippen LogP contribution in [-0.4, -0.2) is 109 Å². The van der Waals surface area contributed by atoms with Gasteiger partial charge in [0.05, 0.1) is 37.3 Å². The largest absolute Gasteiger partial charge is 0.481 e. The molecule has 7 N–H and O–H groups in total. The summed E-state index contributed by atoms with van der Waals surface area (Å²) in [4.78, 5) is 23.4. The summed E-state index contributed by atoms with van der Waals surface area (Å²) in [6.07, 6.45) is -14.4. The molecule has 0 spiro atoms. The van der Waals surface area contributed by atoms with Gasteiger partial charge in [-0.15, -0.1) is 0 Å². The Morgan fingerprint density at radius 2 is 1.16 bits per heavy atom. The Labute approximate surface area is 225 Å². The number of carbonyl (C=O) groups is 2. The second kappa shape index (κ2) is 17.3. The van der Waals surface area contributed by atoms with Gasteiger partial charge in [0.25, 0.3) is 0 Å². The molecule has 0 aliphatic carbocycles. The molecule has 0 saturated carbocycles. The van der Waals surface area contributed by atoms with Gasteiger partial charge < -0.3 is 50.0 Å². The maximum atomic E-state index is 12.5. The molecule has 12 heteroatoms. The third-order valence-electron chi connectivity index (χ3n) is 6.47. The van der Waals surface area contributed by atoms with Crippen molar-refractivity contribution < 1.29 is 59.5 Å². The summed E-state index contributed by atoms with van der Waals surface area (Å²) in [7, 11) is 0. The second-order valence-corrected chi connectivity index (χ2v) is 10.9. The number of hydrogen-bond acceptors (Lipinski definition) is 11. The normalized spacial score (nSPS) is 20.3. The Morgan fingerprint density at radius 3 is 1.58 bits per heavy atom. The molecule has 0 heterocycles. The molecule has 0 fully saturated rings. The van der Waals surface area contributed by atoms with E-state index >= 15 is 0 Å². The highest BCUT2D eigenvalue weighted by Gasteiger charge is 2.40. The summed E-state index contributed by atoms with van der Waals surface area (Å²) in [5, 5.41) is 72.1. The van der Waals surface area contributed by atoms with E-state index in [2.05, 4.69) is 0 Å². The lowest BCUT2D eigenvalue weighted by Crippen LogP contribution is -2.54. The van der Waals surface area contributed by atoms with Crippen LogP contribution >= 0.6 is 0 Å². The highest BCUT2D eigenvalue weighted by atomic mass is 16.6. The smallest absolute Gasteiger partial charge is 0.308 e. The zero-order valence-electron chi connectivity index (χ0n) is 23.8. The standard InChI is InChI=1S/C26H50O12/c1-9-16(10-18(27)28)37-19(29)11-17(12(2)3)38-26(35)25(24(34)21(31)14(6)7)36-15(8)22(32)23(33)20(30)13(4)5/h12-17,20-26,30-35H,9-11H2,1-8H3,(H,27,28). The minimum atomic E-state index is -1.89. The average molecular weight is 555 g/mol. The summed E-state index contributed by atoms with van der Waals surface area (Å²) < 4.78 is 16.6. The molecule has 0 amide bonds. The maximum Gasteiger partial charge on any atom is 0.308 e. The quantitative estimate of drug-likeness (QED) is 0.0857. The number of ether oxygens (including phenoxy) is 3. The van der Waals surface area contributed by atoms with Crippen molar-refractivity contribution in [3.05, 3.63) is 0 Å². The molecule has 10 unspecified atom stereocenters. The zero-order valence-corrected chi connectivity index (χ0v) is 23.8. The fraction of sp³-hybridized carbons (Fsp3) is 0.923. The first-order chi connectivity index (χ1) is 17.4. The number of aliphatic hydroxyl groups is 6. The third-order valence-corrected chi connectivity index (χ3v) is 6.47. The van der Waals surface area contributed by atoms with E-state index in [1.54, 1.807) is 48.5 Å². The average Bonchev–Trinajstić information content (AvgIpc) is 2.82. The molecule has 0 aliphatic rings. The molecule has 38 heavy (non-hydrogen) atoms. The van der Waals surface area contributed by atoms with Crippen LogP contribution in [0.15, 0.2) is 0 Å². The molecule has 0 radical (unpaired) electrons. The molecule has 0 aromatic heterocycles. The van der Waals surface area contributed by atoms with Crippen molar-refractivity contribution in [3.63, 3.8) is 0 Å². The second-order valence-electron chi connectivity index (χ2n) is 10.9. The van der Waals surface area contributed by atoms with Gasteiger partial charge in [0, 0.05) is 0 Å². The van der Waals surface area contributed by atoms with Gasteiger partial charge in [-0.1, -0.05) is 48.5 Å². The Morgan fingerprint density at radius 1 is 0.658 bits per heavy atom. The van der Waals surface area contributed by atoms with Crippen LogP contribution in [0.5, 0.6) is 0 Å². The number of esters is 1. The molecule has 0 bridgehead atoms. The fourth-order valence-electron chi connectivity index (χ4n) is 3.67. The molecule has 0 aromatic rings. The number of carboxylic acids is 1. The number of carboxylic acid groups (broad SMARTS) is 1. The predicted octanol–water partition coefficient (Wildman–Crippen LogP) is 0.423. The Bertz CT molecular complexity index is 685. The van der Waals surface area contributed by atoms with Gasteiger partial charge in [0.15, 0.2) is 6.29 Å². The highest BCUT2D eigenvalue weighted by Crippen LogP contribution is 2.24. The molecule has 0 saturated heterocycles. The molecular weight excluding hydrogens is 504 g/mol. The summed E-state index contributed by atoms with van der Waals surface area (Å²) in [5.74, 6) is -3.02. The van der Waals surface area contributed by atoms with Crippen molar-refractivity contribution >= 4 is 11.9 Å². The molecule has 0 aromatic carbocycles. The maximum absolute atomic E-state index is 12.5. The lowest BCUT2D eigenvalue weighted by Gasteiger charge is -2.37. The number of aliphatic hydroxyl groups excluding tert-OH is 6. The van der Waals surface area contributed by atoms with Crippen LogP contribution in [0, 0.1) is 17.8 Å². The first-order valence-corrected chi connectivity index (χ1v) is 13.2. The van der Waals surface area contributed by atoms with Gasteiger partial charge >= 0.3 is 11.9 Å². The van der Waals surface area contributed by atoms with Crippen LogP contribution < -0.4 is 0 Å². The summed E-state index contributed by atoms with van der Waals surface area (Å²) >= 11 is 0. The topological polar surface area (TPSA) is 203 Å². The molecule has 226 valence electrons. The van der Waals surface area contributed by atoms with Crippen molar-refractivity contribution in [1.29, 1.82) is 0 Å². The van der Waals surface area contributed by atoms with E-state index in [1.165, 1.54) is 6.92 Å². The number of aliphatic carboxylic acids is 1. The van der Waals surface area contributed by atoms with Gasteiger partial charge in [-0.2, -0.15) is 0 Å². The van der Waals surface area contributed by atoms with Gasteiger partial charge in [-0.3, -0.25) is 9.59 Å². The minimum Gasteiger partial charge on any atom is -0.481 e. The first kappa shape index (κ1) is 36.6. The van der Waals surface area contributed by atoms with E-state index in [0.29, 0.717) is 6.42 Å². The van der Waals surface area contributed by atoms with Crippen LogP contribution in [0.1, 0.15) is 74.7 Å². The first-order valence-electron chi connectivity index (χ1n) is 13.2. The van der Waals surface area contributed by atoms with Crippen molar-refractivity contribution in [3.8, 4) is 0 Å². The van der Waals surface area contributed by atoms with Crippen molar-refractivity contribution in [2.45, 2.75) is 136 Å². The Kier molecular flexibility index (Phi) is 16.7. The van der Waals surface area contributed by atoms with E-state index in [1.807, 2.05) is 0 Å². The highest BCUT2D eigenvalue weighted by molar-refractivity contribution is 5.72. The molecule has 0 aliphatic heterocycles. The number of rotatable bonds is 19. The summed E-state index contributed by atoms with van der Waals surface area (Å²) in [6, 6.07) is 0. The van der Waals surface area contributed by atoms with Crippen molar-refractivity contribution in [2.24, 2.45) is 17.8 Å². The molecule has 12 nitrogen and oxygen atoms in total. The summed E-state index contributed by atoms with van der Waals surface area (Å²) in [5.41, 5.74) is 0. The van der Waals surface area contributed by atoms with Crippen molar-refractivity contribution in [1.82, 2.24) is 0 Å². The SMILES string of the molecule is CCC(CC(=O)O)OC(=O)CC(OC(O)C(OC(C)C(O)C(O)C(O)C(C)C)C(O)C(O)C(C)C)C(C)C. The Balaban J connectivity index is 5.72. The van der Waals surface area contributed by atoms with Crippen molar-refractivity contribution in [2.75, 3.05) is 0 Å². The number of carbonyl (C=O) groups excluding carboxylic acids is 1. The Hall–Kier alpha value is -1.38. The van der Waals surface area contributed by atoms with Crippen LogP contribution in [-0.2, 0) is 23.8 Å². The van der Waals surface area contributed by atoms with Crippen LogP contribution in [0.2, 0.25) is 0 Å². The minimum absolute atomic E-state index is 0.292. The lowest BCUT2D eigenvalue weighted by atomic mass is 9.94. The molecule has 10 atom stereocenters. The summed E-state index contributed by atoms with van der Waals surface area (Å²) in [6.45, 7) is 13.0. The molecular formula is C26H50O12. The van der Waals surface area contributed by atoms with Gasteiger partial charge in [-0.25, -0.2) is 0 Å². The van der Waals surface area contributed by atoms with E-state index in [9.17, 15) is 40.2 Å². The van der Waals surface area contributed by atoms with Crippen LogP contribution in [0.25, 0.3) is 0 Å². The fourth-order valence-corrected chi connectivity index (χ4v) is 3.67. The van der Waals surface area contributed by atoms with Crippen LogP contribution in [0.3, 0.4) is 0 Å². The predicted molar refractivity (Wildman–Crippen MR) is 137 cm³/mol. The monoisotopic (exact) mass is 554 g/mol. The van der Waals surface area contributed by atoms with E-state index < -0.39 is 79.1 Å². The van der Waals surface area contributed by atoms with Crippen LogP contribution in [0.4, 0.5) is 0 Å². The van der Waals surface area contributed by atoms with E-state index in [4.69, 9.17) is 19.3 Å². The number of hydrogen-bond donors (Lipinski definition) is 7. The molecule has 0 rings (SSSR count). The zero-order chi connectivity index (χ0) is 29.9. The van der Waals surface area contributed by atoms with Gasteiger partial charge in [-0.05, 0) is 31.1 Å². The van der Waals surface area contributed by atoms with E-state index in [0.717, 1.165) is 0 Å². The van der Waals surface area contributed by atoms with E-state index in [-0.39, 0.29) is 24.7 Å². The lowest BCUT2D eigenvalue weighted by molar-refractivity contribution is -0.263. The van der Waals surface area contributed by atoms with Gasteiger partial charge in [0.2, 0.25) is 0 Å².